The predicted octanol–water partition coefficient (Wildman–Crippen LogP) is 0.911. The van der Waals surface area contributed by atoms with E-state index in [2.05, 4.69) is 0 Å². The van der Waals surface area contributed by atoms with Gasteiger partial charge >= 0.3 is 0 Å². The number of nitrogens with one attached hydrogen (secondary N) is 1. The quantitative estimate of drug-likeness (QED) is 0.689. The van der Waals surface area contributed by atoms with Crippen molar-refractivity contribution in [3.8, 4) is 0 Å². The van der Waals surface area contributed by atoms with Gasteiger partial charge in [0.25, 0.3) is 10.0 Å². The summed E-state index contributed by atoms with van der Waals surface area (Å²) >= 11 is 0.964. The van der Waals surface area contributed by atoms with Crippen LogP contribution in [-0.4, -0.2) is 8.42 Å². The van der Waals surface area contributed by atoms with E-state index < -0.39 is 10.0 Å². The van der Waals surface area contributed by atoms with Crippen LogP contribution in [0.25, 0.3) is 0 Å². The molecule has 10 heavy (non-hydrogen) atoms. The van der Waals surface area contributed by atoms with Crippen molar-refractivity contribution in [1.29, 1.82) is 0 Å². The van der Waals surface area contributed by atoms with Crippen LogP contribution in [0.15, 0.2) is 21.7 Å². The molecule has 1 aromatic rings. The highest BCUT2D eigenvalue weighted by molar-refractivity contribution is 7.91. The Morgan fingerprint density at radius 1 is 1.60 bits per heavy atom. The molecule has 0 bridgehead atoms. The van der Waals surface area contributed by atoms with Crippen LogP contribution >= 0.6 is 11.3 Å². The third-order valence-corrected chi connectivity index (χ3v) is 3.34. The number of halogens is 1. The van der Waals surface area contributed by atoms with Crippen molar-refractivity contribution in [3.05, 3.63) is 17.5 Å². The lowest BCUT2D eigenvalue weighted by molar-refractivity contribution is 0.426. The molecule has 0 spiro atoms. The Bertz CT molecular complexity index is 291. The van der Waals surface area contributed by atoms with E-state index in [1.165, 1.54) is 12.1 Å². The maximum absolute atomic E-state index is 11.5. The van der Waals surface area contributed by atoms with Crippen molar-refractivity contribution < 1.29 is 12.9 Å². The van der Waals surface area contributed by atoms with Crippen LogP contribution < -0.4 is 4.94 Å². The van der Waals surface area contributed by atoms with E-state index in [4.69, 9.17) is 0 Å². The zero-order valence-electron chi connectivity index (χ0n) is 4.74. The standard InChI is InChI=1S/C4H4FNO2S2/c5-6-10(7,8)4-2-1-3-9-4/h1-3,6H. The molecule has 1 heterocycles. The maximum atomic E-state index is 11.5. The van der Waals surface area contributed by atoms with Crippen LogP contribution in [0.2, 0.25) is 0 Å². The van der Waals surface area contributed by atoms with Gasteiger partial charge in [0, 0.05) is 0 Å². The molecule has 0 aliphatic carbocycles. The van der Waals surface area contributed by atoms with Crippen LogP contribution in [-0.2, 0) is 10.0 Å². The van der Waals surface area contributed by atoms with E-state index in [0.717, 1.165) is 16.3 Å². The molecule has 0 atom stereocenters. The lowest BCUT2D eigenvalue weighted by Crippen LogP contribution is -2.12. The Kier molecular flexibility index (Phi) is 2.02. The zero-order valence-corrected chi connectivity index (χ0v) is 6.38. The van der Waals surface area contributed by atoms with Crippen LogP contribution in [0.1, 0.15) is 0 Å². The molecule has 0 aliphatic heterocycles. The topological polar surface area (TPSA) is 46.2 Å². The molecule has 0 aromatic carbocycles. The molecule has 1 N–H and O–H groups in total. The summed E-state index contributed by atoms with van der Waals surface area (Å²) in [5, 5.41) is 1.56. The van der Waals surface area contributed by atoms with Crippen molar-refractivity contribution in [2.45, 2.75) is 4.21 Å². The monoisotopic (exact) mass is 181 g/mol. The Morgan fingerprint density at radius 3 is 2.70 bits per heavy atom. The maximum Gasteiger partial charge on any atom is 0.276 e. The molecular weight excluding hydrogens is 177 g/mol. The lowest BCUT2D eigenvalue weighted by Gasteiger charge is -1.91. The smallest absolute Gasteiger partial charge is 0.204 e. The summed E-state index contributed by atoms with van der Waals surface area (Å²) in [6.45, 7) is 0. The van der Waals surface area contributed by atoms with Crippen LogP contribution in [0.5, 0.6) is 0 Å². The molecule has 0 fully saturated rings. The molecule has 1 rings (SSSR count). The van der Waals surface area contributed by atoms with Crippen molar-refractivity contribution in [2.75, 3.05) is 0 Å². The van der Waals surface area contributed by atoms with Gasteiger partial charge in [-0.2, -0.15) is 0 Å². The van der Waals surface area contributed by atoms with Gasteiger partial charge in [0.05, 0.1) is 0 Å². The summed E-state index contributed by atoms with van der Waals surface area (Å²) in [7, 11) is -3.85. The molecule has 0 radical (unpaired) electrons. The molecule has 3 nitrogen and oxygen atoms in total. The first-order valence-electron chi connectivity index (χ1n) is 2.33. The third-order valence-electron chi connectivity index (χ3n) is 0.861. The molecule has 0 saturated carbocycles. The van der Waals surface area contributed by atoms with E-state index in [9.17, 15) is 12.9 Å². The molecule has 56 valence electrons. The predicted molar refractivity (Wildman–Crippen MR) is 35.7 cm³/mol. The van der Waals surface area contributed by atoms with Gasteiger partial charge < -0.3 is 0 Å². The summed E-state index contributed by atoms with van der Waals surface area (Å²) in [6, 6.07) is 2.86. The fraction of sp³-hybridized carbons (Fsp3) is 0. The zero-order chi connectivity index (χ0) is 7.61. The molecule has 1 aromatic heterocycles. The minimum atomic E-state index is -3.85. The van der Waals surface area contributed by atoms with Crippen molar-refractivity contribution in [2.24, 2.45) is 0 Å². The van der Waals surface area contributed by atoms with Gasteiger partial charge in [-0.05, 0) is 16.4 Å². The molecule has 0 aliphatic rings. The second-order valence-corrected chi connectivity index (χ2v) is 4.32. The fourth-order valence-electron chi connectivity index (χ4n) is 0.454. The van der Waals surface area contributed by atoms with Gasteiger partial charge in [0.15, 0.2) is 0 Å². The van der Waals surface area contributed by atoms with Crippen LogP contribution in [0, 0.1) is 0 Å². The second-order valence-electron chi connectivity index (χ2n) is 1.51. The number of rotatable bonds is 2. The first-order chi connectivity index (χ1) is 4.67. The summed E-state index contributed by atoms with van der Waals surface area (Å²) < 4.78 is 32.7. The van der Waals surface area contributed by atoms with E-state index in [1.807, 2.05) is 0 Å². The molecule has 0 saturated heterocycles. The first kappa shape index (κ1) is 7.64. The molecule has 0 unspecified atom stereocenters. The molecular formula is C4H4FNO2S2. The van der Waals surface area contributed by atoms with Gasteiger partial charge in [-0.1, -0.05) is 6.07 Å². The Labute approximate surface area is 61.5 Å². The summed E-state index contributed by atoms with van der Waals surface area (Å²) in [5.41, 5.74) is 0. The average molecular weight is 181 g/mol. The first-order valence-corrected chi connectivity index (χ1v) is 4.69. The minimum Gasteiger partial charge on any atom is -0.204 e. The molecule has 6 heteroatoms. The van der Waals surface area contributed by atoms with Gasteiger partial charge in [0.1, 0.15) is 4.21 Å². The van der Waals surface area contributed by atoms with Crippen molar-refractivity contribution >= 4 is 21.4 Å². The Balaban J connectivity index is 3.09. The number of hydrogen-bond acceptors (Lipinski definition) is 3. The Hall–Kier alpha value is -0.460. The summed E-state index contributed by atoms with van der Waals surface area (Å²) in [5.74, 6) is 0. The summed E-state index contributed by atoms with van der Waals surface area (Å²) in [6.07, 6.45) is 0. The lowest BCUT2D eigenvalue weighted by atomic mass is 10.7. The second kappa shape index (κ2) is 2.65. The minimum absolute atomic E-state index is 0.0185. The number of hydrogen-bond donors (Lipinski definition) is 1. The van der Waals surface area contributed by atoms with E-state index >= 15 is 0 Å². The van der Waals surface area contributed by atoms with Gasteiger partial charge in [-0.3, -0.25) is 0 Å². The van der Waals surface area contributed by atoms with Gasteiger partial charge in [-0.15, -0.1) is 15.8 Å². The highest BCUT2D eigenvalue weighted by Gasteiger charge is 2.13. The normalized spacial score (nSPS) is 11.7. The van der Waals surface area contributed by atoms with Crippen molar-refractivity contribution in [3.63, 3.8) is 0 Å². The Morgan fingerprint density at radius 2 is 2.30 bits per heavy atom. The fourth-order valence-corrected chi connectivity index (χ4v) is 2.00. The van der Waals surface area contributed by atoms with Gasteiger partial charge in [0.2, 0.25) is 0 Å². The van der Waals surface area contributed by atoms with E-state index in [0.29, 0.717) is 0 Å². The number of sulfonamides is 1. The highest BCUT2D eigenvalue weighted by Crippen LogP contribution is 2.14. The third kappa shape index (κ3) is 1.34. The van der Waals surface area contributed by atoms with Crippen molar-refractivity contribution in [1.82, 2.24) is 4.94 Å². The SMILES string of the molecule is O=S(=O)(NF)c1cccs1. The number of thiophene rings is 1. The average Bonchev–Trinajstić information content (AvgIpc) is 2.38. The highest BCUT2D eigenvalue weighted by atomic mass is 32.2. The van der Waals surface area contributed by atoms with E-state index in [1.54, 1.807) is 5.38 Å². The van der Waals surface area contributed by atoms with Gasteiger partial charge in [-0.25, -0.2) is 8.42 Å². The largest absolute Gasteiger partial charge is 0.276 e. The van der Waals surface area contributed by atoms with E-state index in [-0.39, 0.29) is 4.21 Å². The van der Waals surface area contributed by atoms with Crippen LogP contribution in [0.4, 0.5) is 4.48 Å². The van der Waals surface area contributed by atoms with Crippen LogP contribution in [0.3, 0.4) is 0 Å². The summed E-state index contributed by atoms with van der Waals surface area (Å²) in [4.78, 5) is 0.726. The molecule has 0 amide bonds.